The van der Waals surface area contributed by atoms with Crippen molar-refractivity contribution in [3.63, 3.8) is 0 Å². The third-order valence-corrected chi connectivity index (χ3v) is 4.01. The molecule has 0 bridgehead atoms. The van der Waals surface area contributed by atoms with Gasteiger partial charge in [0.1, 0.15) is 0 Å². The molecule has 6 heteroatoms. The predicted octanol–water partition coefficient (Wildman–Crippen LogP) is 4.30. The molecule has 0 heterocycles. The third-order valence-electron chi connectivity index (χ3n) is 4.01. The number of nitro groups is 2. The molecule has 0 saturated heterocycles. The van der Waals surface area contributed by atoms with E-state index < -0.39 is 9.85 Å². The predicted molar refractivity (Wildman–Crippen MR) is 81.7 cm³/mol. The molecule has 0 aliphatic heterocycles. The van der Waals surface area contributed by atoms with Crippen molar-refractivity contribution in [2.24, 2.45) is 0 Å². The Morgan fingerprint density at radius 1 is 0.682 bits per heavy atom. The maximum atomic E-state index is 11.3. The Bertz CT molecular complexity index is 995. The van der Waals surface area contributed by atoms with Crippen LogP contribution < -0.4 is 0 Å². The van der Waals surface area contributed by atoms with Crippen molar-refractivity contribution in [2.75, 3.05) is 0 Å². The molecule has 1 aliphatic rings. The number of nitro benzene ring substituents is 2. The first kappa shape index (κ1) is 12.5. The zero-order valence-corrected chi connectivity index (χ0v) is 11.1. The fraction of sp³-hybridized carbons (Fsp3) is 0. The molecule has 106 valence electrons. The normalized spacial score (nSPS) is 11.5. The lowest BCUT2D eigenvalue weighted by atomic mass is 10.0. The van der Waals surface area contributed by atoms with Crippen LogP contribution in [-0.4, -0.2) is 9.85 Å². The molecule has 3 aromatic carbocycles. The van der Waals surface area contributed by atoms with E-state index in [1.54, 1.807) is 30.3 Å². The molecule has 0 atom stereocenters. The summed E-state index contributed by atoms with van der Waals surface area (Å²) >= 11 is 0. The van der Waals surface area contributed by atoms with Gasteiger partial charge in [0.25, 0.3) is 11.4 Å². The summed E-state index contributed by atoms with van der Waals surface area (Å²) in [5.41, 5.74) is 2.79. The van der Waals surface area contributed by atoms with Crippen LogP contribution in [0.3, 0.4) is 0 Å². The Hall–Kier alpha value is -3.28. The molecule has 0 N–H and O–H groups in total. The number of non-ortho nitro benzene ring substituents is 1. The number of hydrogen-bond donors (Lipinski definition) is 0. The molecule has 0 radical (unpaired) electrons. The Morgan fingerprint density at radius 2 is 1.36 bits per heavy atom. The fourth-order valence-electron chi connectivity index (χ4n) is 3.18. The van der Waals surface area contributed by atoms with E-state index in [0.29, 0.717) is 21.9 Å². The molecular formula is C16H8N2O4. The molecular weight excluding hydrogens is 284 g/mol. The van der Waals surface area contributed by atoms with Gasteiger partial charge in [-0.1, -0.05) is 24.3 Å². The molecule has 4 rings (SSSR count). The molecule has 0 saturated carbocycles. The number of benzene rings is 3. The molecule has 3 aromatic rings. The second kappa shape index (κ2) is 4.11. The minimum absolute atomic E-state index is 0.0102. The van der Waals surface area contributed by atoms with Crippen LogP contribution in [0.5, 0.6) is 0 Å². The maximum absolute atomic E-state index is 11.3. The van der Waals surface area contributed by atoms with E-state index in [1.165, 1.54) is 12.1 Å². The van der Waals surface area contributed by atoms with Gasteiger partial charge in [0.2, 0.25) is 0 Å². The number of nitrogens with zero attached hydrogens (tertiary/aromatic N) is 2. The van der Waals surface area contributed by atoms with E-state index in [9.17, 15) is 20.2 Å². The highest BCUT2D eigenvalue weighted by molar-refractivity contribution is 6.19. The molecule has 0 amide bonds. The minimum atomic E-state index is -0.430. The lowest BCUT2D eigenvalue weighted by molar-refractivity contribution is -0.384. The lowest BCUT2D eigenvalue weighted by Gasteiger charge is -2.02. The van der Waals surface area contributed by atoms with Crippen LogP contribution in [0, 0.1) is 20.2 Å². The summed E-state index contributed by atoms with van der Waals surface area (Å²) in [5, 5.41) is 23.7. The van der Waals surface area contributed by atoms with Gasteiger partial charge in [-0.15, -0.1) is 0 Å². The average Bonchev–Trinajstić information content (AvgIpc) is 2.84. The quantitative estimate of drug-likeness (QED) is 0.407. The van der Waals surface area contributed by atoms with Crippen LogP contribution in [0.4, 0.5) is 11.4 Å². The Morgan fingerprint density at radius 3 is 2.09 bits per heavy atom. The van der Waals surface area contributed by atoms with Crippen LogP contribution in [0.25, 0.3) is 33.0 Å². The zero-order valence-electron chi connectivity index (χ0n) is 11.1. The SMILES string of the molecule is O=[N+]([O-])c1cccc2c1-c1cccc3c([N+](=O)[O-])ccc-2c13. The van der Waals surface area contributed by atoms with Crippen molar-refractivity contribution in [1.82, 2.24) is 0 Å². The van der Waals surface area contributed by atoms with Crippen molar-refractivity contribution >= 4 is 22.1 Å². The van der Waals surface area contributed by atoms with Gasteiger partial charge < -0.3 is 0 Å². The topological polar surface area (TPSA) is 86.3 Å². The van der Waals surface area contributed by atoms with Gasteiger partial charge in [-0.3, -0.25) is 20.2 Å². The Balaban J connectivity index is 2.20. The summed E-state index contributed by atoms with van der Waals surface area (Å²) in [4.78, 5) is 21.7. The first-order valence-electron chi connectivity index (χ1n) is 6.58. The van der Waals surface area contributed by atoms with E-state index in [4.69, 9.17) is 0 Å². The molecule has 22 heavy (non-hydrogen) atoms. The van der Waals surface area contributed by atoms with Crippen molar-refractivity contribution in [3.8, 4) is 22.3 Å². The molecule has 0 fully saturated rings. The van der Waals surface area contributed by atoms with Gasteiger partial charge in [0.15, 0.2) is 0 Å². The largest absolute Gasteiger partial charge is 0.277 e. The molecule has 0 aromatic heterocycles. The van der Waals surface area contributed by atoms with Gasteiger partial charge in [0.05, 0.1) is 20.8 Å². The van der Waals surface area contributed by atoms with E-state index in [1.807, 2.05) is 6.07 Å². The first-order valence-corrected chi connectivity index (χ1v) is 6.58. The van der Waals surface area contributed by atoms with Crippen LogP contribution in [-0.2, 0) is 0 Å². The summed E-state index contributed by atoms with van der Waals surface area (Å²) in [5.74, 6) is 0. The van der Waals surface area contributed by atoms with Gasteiger partial charge in [-0.2, -0.15) is 0 Å². The highest BCUT2D eigenvalue weighted by Crippen LogP contribution is 2.52. The summed E-state index contributed by atoms with van der Waals surface area (Å²) in [6.45, 7) is 0. The van der Waals surface area contributed by atoms with Crippen LogP contribution >= 0.6 is 0 Å². The average molecular weight is 292 g/mol. The monoisotopic (exact) mass is 292 g/mol. The van der Waals surface area contributed by atoms with Crippen LogP contribution in [0.2, 0.25) is 0 Å². The third kappa shape index (κ3) is 1.43. The smallest absolute Gasteiger partial charge is 0.258 e. The second-order valence-electron chi connectivity index (χ2n) is 5.07. The first-order chi connectivity index (χ1) is 10.6. The summed E-state index contributed by atoms with van der Waals surface area (Å²) < 4.78 is 0. The van der Waals surface area contributed by atoms with Crippen LogP contribution in [0.1, 0.15) is 0 Å². The minimum Gasteiger partial charge on any atom is -0.258 e. The van der Waals surface area contributed by atoms with Gasteiger partial charge in [0, 0.05) is 17.5 Å². The second-order valence-corrected chi connectivity index (χ2v) is 5.07. The highest BCUT2D eigenvalue weighted by atomic mass is 16.6. The van der Waals surface area contributed by atoms with Gasteiger partial charge in [-0.05, 0) is 28.8 Å². The maximum Gasteiger partial charge on any atom is 0.277 e. The number of fused-ring (bicyclic) bond motifs is 3. The number of hydrogen-bond acceptors (Lipinski definition) is 4. The fourth-order valence-corrected chi connectivity index (χ4v) is 3.18. The molecule has 0 unspecified atom stereocenters. The van der Waals surface area contributed by atoms with E-state index in [2.05, 4.69) is 0 Å². The van der Waals surface area contributed by atoms with Crippen molar-refractivity contribution in [1.29, 1.82) is 0 Å². The lowest BCUT2D eigenvalue weighted by Crippen LogP contribution is -1.91. The molecule has 6 nitrogen and oxygen atoms in total. The van der Waals surface area contributed by atoms with Gasteiger partial charge >= 0.3 is 0 Å². The highest BCUT2D eigenvalue weighted by Gasteiger charge is 2.30. The van der Waals surface area contributed by atoms with Crippen LogP contribution in [0.15, 0.2) is 48.5 Å². The van der Waals surface area contributed by atoms with Crippen molar-refractivity contribution in [2.45, 2.75) is 0 Å². The molecule has 0 spiro atoms. The van der Waals surface area contributed by atoms with Crippen molar-refractivity contribution < 1.29 is 9.85 Å². The zero-order chi connectivity index (χ0) is 15.4. The number of rotatable bonds is 2. The van der Waals surface area contributed by atoms with E-state index in [0.717, 1.165) is 11.1 Å². The Kier molecular flexibility index (Phi) is 2.33. The summed E-state index contributed by atoms with van der Waals surface area (Å²) in [6.07, 6.45) is 0. The van der Waals surface area contributed by atoms with Gasteiger partial charge in [-0.25, -0.2) is 0 Å². The van der Waals surface area contributed by atoms with Crippen molar-refractivity contribution in [3.05, 3.63) is 68.8 Å². The standard InChI is InChI=1S/C16H8N2O4/c19-17(20)13-8-7-10-9-3-2-6-14(18(21)22)16(9)12-5-1-4-11(13)15(10)12/h1-8H. The summed E-state index contributed by atoms with van der Waals surface area (Å²) in [7, 11) is 0. The van der Waals surface area contributed by atoms with E-state index >= 15 is 0 Å². The molecule has 1 aliphatic carbocycles. The summed E-state index contributed by atoms with van der Waals surface area (Å²) in [6, 6.07) is 13.2. The Labute approximate surface area is 123 Å². The van der Waals surface area contributed by atoms with E-state index in [-0.39, 0.29) is 11.4 Å².